The van der Waals surface area contributed by atoms with Gasteiger partial charge in [-0.15, -0.1) is 0 Å². The highest BCUT2D eigenvalue weighted by Gasteiger charge is 2.43. The summed E-state index contributed by atoms with van der Waals surface area (Å²) < 4.78 is 0. The van der Waals surface area contributed by atoms with Gasteiger partial charge >= 0.3 is 0 Å². The molecular weight excluding hydrogens is 258 g/mol. The summed E-state index contributed by atoms with van der Waals surface area (Å²) in [7, 11) is 0. The average Bonchev–Trinajstić information content (AvgIpc) is 2.53. The van der Waals surface area contributed by atoms with E-state index in [4.69, 9.17) is 0 Å². The molecule has 0 bridgehead atoms. The van der Waals surface area contributed by atoms with Crippen LogP contribution in [0.3, 0.4) is 0 Å². The van der Waals surface area contributed by atoms with Crippen molar-refractivity contribution in [3.63, 3.8) is 0 Å². The van der Waals surface area contributed by atoms with E-state index in [1.807, 2.05) is 49.4 Å². The number of hydrogen-bond donors (Lipinski definition) is 1. The van der Waals surface area contributed by atoms with Gasteiger partial charge in [0.15, 0.2) is 0 Å². The van der Waals surface area contributed by atoms with Gasteiger partial charge in [0.05, 0.1) is 6.07 Å². The molecule has 0 radical (unpaired) electrons. The Morgan fingerprint density at radius 2 is 2.00 bits per heavy atom. The topological polar surface area (TPSA) is 44.0 Å². The first-order valence-electron chi connectivity index (χ1n) is 7.41. The first-order valence-corrected chi connectivity index (χ1v) is 7.41. The molecule has 0 fully saturated rings. The van der Waals surface area contributed by atoms with Crippen molar-refractivity contribution in [1.82, 2.24) is 0 Å². The lowest BCUT2D eigenvalue weighted by Crippen LogP contribution is -2.36. The number of benzene rings is 2. The normalized spacial score (nSPS) is 22.1. The SMILES string of the molecule is Cc1cccc(C(O)C2(C#N)CCCc3ccccc32)c1. The van der Waals surface area contributed by atoms with Crippen LogP contribution in [0.1, 0.15) is 41.2 Å². The van der Waals surface area contributed by atoms with E-state index in [1.54, 1.807) is 0 Å². The molecule has 0 heterocycles. The highest BCUT2D eigenvalue weighted by molar-refractivity contribution is 5.45. The van der Waals surface area contributed by atoms with Crippen molar-refractivity contribution in [2.45, 2.75) is 37.7 Å². The van der Waals surface area contributed by atoms with Gasteiger partial charge in [-0.2, -0.15) is 5.26 Å². The van der Waals surface area contributed by atoms with Crippen molar-refractivity contribution in [3.8, 4) is 6.07 Å². The number of aryl methyl sites for hydroxylation is 2. The lowest BCUT2D eigenvalue weighted by atomic mass is 9.66. The second kappa shape index (κ2) is 5.35. The summed E-state index contributed by atoms with van der Waals surface area (Å²) in [5.74, 6) is 0. The summed E-state index contributed by atoms with van der Waals surface area (Å²) in [6.45, 7) is 2.00. The molecular formula is C19H19NO. The van der Waals surface area contributed by atoms with Crippen LogP contribution in [0.2, 0.25) is 0 Å². The van der Waals surface area contributed by atoms with Gasteiger partial charge in [-0.3, -0.25) is 0 Å². The molecule has 2 heteroatoms. The van der Waals surface area contributed by atoms with Crippen LogP contribution >= 0.6 is 0 Å². The molecule has 21 heavy (non-hydrogen) atoms. The van der Waals surface area contributed by atoms with Gasteiger partial charge in [0.25, 0.3) is 0 Å². The van der Waals surface area contributed by atoms with E-state index in [0.717, 1.165) is 29.5 Å². The highest BCUT2D eigenvalue weighted by Crippen LogP contribution is 2.45. The average molecular weight is 277 g/mol. The Kier molecular flexibility index (Phi) is 3.53. The molecule has 106 valence electrons. The van der Waals surface area contributed by atoms with Crippen molar-refractivity contribution in [1.29, 1.82) is 5.26 Å². The molecule has 0 amide bonds. The van der Waals surface area contributed by atoms with E-state index in [2.05, 4.69) is 12.1 Å². The van der Waals surface area contributed by atoms with E-state index in [9.17, 15) is 10.4 Å². The third kappa shape index (κ3) is 2.24. The third-order valence-electron chi connectivity index (χ3n) is 4.54. The van der Waals surface area contributed by atoms with Gasteiger partial charge in [-0.25, -0.2) is 0 Å². The minimum atomic E-state index is -0.831. The number of aliphatic hydroxyl groups excluding tert-OH is 1. The summed E-state index contributed by atoms with van der Waals surface area (Å²) in [4.78, 5) is 0. The Morgan fingerprint density at radius 1 is 1.19 bits per heavy atom. The van der Waals surface area contributed by atoms with Gasteiger partial charge < -0.3 is 5.11 Å². The maximum Gasteiger partial charge on any atom is 0.112 e. The van der Waals surface area contributed by atoms with Crippen molar-refractivity contribution in [2.75, 3.05) is 0 Å². The van der Waals surface area contributed by atoms with Crippen LogP contribution in [-0.2, 0) is 11.8 Å². The van der Waals surface area contributed by atoms with Crippen LogP contribution in [0.15, 0.2) is 48.5 Å². The molecule has 2 atom stereocenters. The zero-order valence-electron chi connectivity index (χ0n) is 12.2. The minimum Gasteiger partial charge on any atom is -0.386 e. The zero-order chi connectivity index (χ0) is 14.9. The van der Waals surface area contributed by atoms with Gasteiger partial charge in [-0.05, 0) is 42.9 Å². The molecule has 0 saturated heterocycles. The number of aliphatic hydroxyl groups is 1. The smallest absolute Gasteiger partial charge is 0.112 e. The van der Waals surface area contributed by atoms with E-state index in [-0.39, 0.29) is 0 Å². The molecule has 1 N–H and O–H groups in total. The van der Waals surface area contributed by atoms with Gasteiger partial charge in [-0.1, -0.05) is 54.1 Å². The predicted octanol–water partition coefficient (Wildman–Crippen LogP) is 3.83. The Hall–Kier alpha value is -2.11. The minimum absolute atomic E-state index is 0.704. The lowest BCUT2D eigenvalue weighted by molar-refractivity contribution is 0.0995. The van der Waals surface area contributed by atoms with Crippen molar-refractivity contribution in [2.24, 2.45) is 0 Å². The molecule has 2 aromatic rings. The molecule has 0 aromatic heterocycles. The monoisotopic (exact) mass is 277 g/mol. The Morgan fingerprint density at radius 3 is 2.76 bits per heavy atom. The largest absolute Gasteiger partial charge is 0.386 e. The van der Waals surface area contributed by atoms with Crippen molar-refractivity contribution >= 4 is 0 Å². The van der Waals surface area contributed by atoms with Gasteiger partial charge in [0.1, 0.15) is 11.5 Å². The number of fused-ring (bicyclic) bond motifs is 1. The molecule has 1 aliphatic rings. The summed E-state index contributed by atoms with van der Waals surface area (Å²) in [5.41, 5.74) is 3.28. The quantitative estimate of drug-likeness (QED) is 0.906. The summed E-state index contributed by atoms with van der Waals surface area (Å²) in [6.07, 6.45) is 1.84. The molecule has 1 aliphatic carbocycles. The first kappa shape index (κ1) is 13.9. The van der Waals surface area contributed by atoms with Crippen LogP contribution in [0.25, 0.3) is 0 Å². The molecule has 2 nitrogen and oxygen atoms in total. The predicted molar refractivity (Wildman–Crippen MR) is 82.8 cm³/mol. The molecule has 2 aromatic carbocycles. The van der Waals surface area contributed by atoms with E-state index in [1.165, 1.54) is 5.56 Å². The number of rotatable bonds is 2. The van der Waals surface area contributed by atoms with Gasteiger partial charge in [0, 0.05) is 0 Å². The number of nitrogens with zero attached hydrogens (tertiary/aromatic N) is 1. The van der Waals surface area contributed by atoms with E-state index >= 15 is 0 Å². The van der Waals surface area contributed by atoms with Crippen LogP contribution in [0.5, 0.6) is 0 Å². The molecule has 0 saturated carbocycles. The van der Waals surface area contributed by atoms with Crippen LogP contribution < -0.4 is 0 Å². The number of nitriles is 1. The third-order valence-corrected chi connectivity index (χ3v) is 4.54. The summed E-state index contributed by atoms with van der Waals surface area (Å²) in [5, 5.41) is 20.8. The highest BCUT2D eigenvalue weighted by atomic mass is 16.3. The molecule has 3 rings (SSSR count). The Balaban J connectivity index is 2.12. The molecule has 0 aliphatic heterocycles. The van der Waals surface area contributed by atoms with Crippen molar-refractivity contribution in [3.05, 3.63) is 70.8 Å². The standard InChI is InChI=1S/C19H19NO/c1-14-6-4-8-16(12-14)18(21)19(13-20)11-5-9-15-7-2-3-10-17(15)19/h2-4,6-8,10,12,18,21H,5,9,11H2,1H3. The van der Waals surface area contributed by atoms with Crippen LogP contribution in [-0.4, -0.2) is 5.11 Å². The Bertz CT molecular complexity index is 701. The maximum atomic E-state index is 10.9. The molecule has 2 unspecified atom stereocenters. The van der Waals surface area contributed by atoms with E-state index < -0.39 is 11.5 Å². The van der Waals surface area contributed by atoms with Crippen molar-refractivity contribution < 1.29 is 5.11 Å². The molecule has 0 spiro atoms. The Labute approximate surface area is 125 Å². The second-order valence-corrected chi connectivity index (χ2v) is 5.91. The maximum absolute atomic E-state index is 10.9. The van der Waals surface area contributed by atoms with Gasteiger partial charge in [0.2, 0.25) is 0 Å². The fraction of sp³-hybridized carbons (Fsp3) is 0.316. The second-order valence-electron chi connectivity index (χ2n) is 5.91. The fourth-order valence-corrected chi connectivity index (χ4v) is 3.45. The summed E-state index contributed by atoms with van der Waals surface area (Å²) in [6, 6.07) is 18.3. The summed E-state index contributed by atoms with van der Waals surface area (Å²) >= 11 is 0. The zero-order valence-corrected chi connectivity index (χ0v) is 12.2. The lowest BCUT2D eigenvalue weighted by Gasteiger charge is -2.37. The van der Waals surface area contributed by atoms with Crippen LogP contribution in [0, 0.1) is 18.3 Å². The fourth-order valence-electron chi connectivity index (χ4n) is 3.45. The first-order chi connectivity index (χ1) is 10.2. The van der Waals surface area contributed by atoms with E-state index in [0.29, 0.717) is 6.42 Å². The number of hydrogen-bond acceptors (Lipinski definition) is 2. The van der Waals surface area contributed by atoms with Crippen LogP contribution in [0.4, 0.5) is 0 Å².